The molecule has 0 heterocycles. The number of nitro groups is 1. The van der Waals surface area contributed by atoms with Gasteiger partial charge in [-0.15, -0.1) is 0 Å². The van der Waals surface area contributed by atoms with E-state index in [-0.39, 0.29) is 5.69 Å². The molecule has 4 nitrogen and oxygen atoms in total. The Kier molecular flexibility index (Phi) is 3.17. The molecule has 0 bridgehead atoms. The molecule has 24 heavy (non-hydrogen) atoms. The second-order valence-electron chi connectivity index (χ2n) is 5.72. The average Bonchev–Trinajstić information content (AvgIpc) is 2.62. The molecule has 0 aliphatic carbocycles. The van der Waals surface area contributed by atoms with Gasteiger partial charge < -0.3 is 5.73 Å². The number of hydrogen-bond acceptors (Lipinski definition) is 3. The van der Waals surface area contributed by atoms with Crippen molar-refractivity contribution < 1.29 is 4.92 Å². The summed E-state index contributed by atoms with van der Waals surface area (Å²) in [6.07, 6.45) is 0. The van der Waals surface area contributed by atoms with Gasteiger partial charge in [0, 0.05) is 23.2 Å². The number of benzene rings is 4. The Hall–Kier alpha value is -3.40. The Morgan fingerprint density at radius 1 is 0.750 bits per heavy atom. The lowest BCUT2D eigenvalue weighted by Crippen LogP contribution is -1.91. The van der Waals surface area contributed by atoms with Gasteiger partial charge in [0.2, 0.25) is 0 Å². The number of rotatable bonds is 2. The van der Waals surface area contributed by atoms with E-state index in [4.69, 9.17) is 5.73 Å². The molecule has 2 N–H and O–H groups in total. The Balaban J connectivity index is 2.01. The highest BCUT2D eigenvalue weighted by molar-refractivity contribution is 6.16. The van der Waals surface area contributed by atoms with Crippen molar-refractivity contribution in [1.29, 1.82) is 0 Å². The molecule has 0 spiro atoms. The molecule has 4 heteroatoms. The largest absolute Gasteiger partial charge is 0.398 e. The normalized spacial score (nSPS) is 11.0. The minimum absolute atomic E-state index is 0.0870. The van der Waals surface area contributed by atoms with Gasteiger partial charge in [-0.05, 0) is 45.5 Å². The zero-order valence-corrected chi connectivity index (χ0v) is 12.8. The summed E-state index contributed by atoms with van der Waals surface area (Å²) in [6.45, 7) is 0. The third-order valence-corrected chi connectivity index (χ3v) is 4.32. The van der Waals surface area contributed by atoms with Gasteiger partial charge >= 0.3 is 0 Å². The fraction of sp³-hybridized carbons (Fsp3) is 0. The first-order chi connectivity index (χ1) is 11.6. The summed E-state index contributed by atoms with van der Waals surface area (Å²) in [5.41, 5.74) is 9.01. The van der Waals surface area contributed by atoms with E-state index in [9.17, 15) is 10.1 Å². The van der Waals surface area contributed by atoms with Gasteiger partial charge in [0.25, 0.3) is 5.69 Å². The molecule has 0 aliphatic heterocycles. The number of nitrogens with zero attached hydrogens (tertiary/aromatic N) is 1. The predicted octanol–water partition coefficient (Wildman–Crippen LogP) is 5.15. The first-order valence-corrected chi connectivity index (χ1v) is 7.60. The van der Waals surface area contributed by atoms with E-state index in [0.29, 0.717) is 0 Å². The van der Waals surface area contributed by atoms with Crippen LogP contribution in [0.5, 0.6) is 0 Å². The maximum Gasteiger partial charge on any atom is 0.269 e. The lowest BCUT2D eigenvalue weighted by Gasteiger charge is -2.11. The van der Waals surface area contributed by atoms with Crippen LogP contribution in [0.1, 0.15) is 0 Å². The Morgan fingerprint density at radius 2 is 1.38 bits per heavy atom. The molecule has 0 radical (unpaired) electrons. The lowest BCUT2D eigenvalue weighted by molar-refractivity contribution is -0.384. The van der Waals surface area contributed by atoms with Crippen molar-refractivity contribution >= 4 is 32.9 Å². The van der Waals surface area contributed by atoms with Gasteiger partial charge in [-0.3, -0.25) is 10.1 Å². The van der Waals surface area contributed by atoms with Crippen molar-refractivity contribution in [2.45, 2.75) is 0 Å². The van der Waals surface area contributed by atoms with Crippen molar-refractivity contribution in [1.82, 2.24) is 0 Å². The van der Waals surface area contributed by atoms with E-state index >= 15 is 0 Å². The minimum atomic E-state index is -0.390. The summed E-state index contributed by atoms with van der Waals surface area (Å²) >= 11 is 0. The van der Waals surface area contributed by atoms with Crippen LogP contribution in [-0.2, 0) is 0 Å². The van der Waals surface area contributed by atoms with Crippen molar-refractivity contribution in [3.05, 3.63) is 82.9 Å². The SMILES string of the molecule is Nc1cc2c(-c3ccc([N+](=O)[O-])cc3)cccc2c2ccccc12. The van der Waals surface area contributed by atoms with Gasteiger partial charge in [0.1, 0.15) is 0 Å². The van der Waals surface area contributed by atoms with Crippen LogP contribution in [0.4, 0.5) is 11.4 Å². The van der Waals surface area contributed by atoms with E-state index in [1.54, 1.807) is 12.1 Å². The van der Waals surface area contributed by atoms with Crippen molar-refractivity contribution in [2.75, 3.05) is 5.73 Å². The molecule has 0 amide bonds. The molecule has 0 unspecified atom stereocenters. The molecule has 0 atom stereocenters. The molecule has 0 aromatic heterocycles. The van der Waals surface area contributed by atoms with Crippen LogP contribution in [0.2, 0.25) is 0 Å². The number of anilines is 1. The Bertz CT molecular complexity index is 1090. The van der Waals surface area contributed by atoms with Crippen LogP contribution in [0, 0.1) is 10.1 Å². The third kappa shape index (κ3) is 2.16. The molecule has 4 rings (SSSR count). The number of nitrogen functional groups attached to an aromatic ring is 1. The number of hydrogen-bond donors (Lipinski definition) is 1. The predicted molar refractivity (Wildman–Crippen MR) is 98.0 cm³/mol. The quantitative estimate of drug-likeness (QED) is 0.241. The number of nitro benzene ring substituents is 1. The summed E-state index contributed by atoms with van der Waals surface area (Å²) in [7, 11) is 0. The van der Waals surface area contributed by atoms with Crippen LogP contribution >= 0.6 is 0 Å². The van der Waals surface area contributed by atoms with E-state index in [1.807, 2.05) is 36.4 Å². The first-order valence-electron chi connectivity index (χ1n) is 7.60. The number of non-ortho nitro benzene ring substituents is 1. The van der Waals surface area contributed by atoms with Gasteiger partial charge in [-0.2, -0.15) is 0 Å². The summed E-state index contributed by atoms with van der Waals surface area (Å²) in [5, 5.41) is 15.1. The second-order valence-corrected chi connectivity index (χ2v) is 5.72. The summed E-state index contributed by atoms with van der Waals surface area (Å²) in [5.74, 6) is 0. The molecule has 116 valence electrons. The summed E-state index contributed by atoms with van der Waals surface area (Å²) in [6, 6.07) is 22.7. The minimum Gasteiger partial charge on any atom is -0.398 e. The highest BCUT2D eigenvalue weighted by atomic mass is 16.6. The molecular weight excluding hydrogens is 300 g/mol. The number of fused-ring (bicyclic) bond motifs is 3. The van der Waals surface area contributed by atoms with Crippen LogP contribution in [0.25, 0.3) is 32.7 Å². The zero-order valence-electron chi connectivity index (χ0n) is 12.8. The van der Waals surface area contributed by atoms with Crippen molar-refractivity contribution in [2.24, 2.45) is 0 Å². The van der Waals surface area contributed by atoms with Gasteiger partial charge in [0.15, 0.2) is 0 Å². The van der Waals surface area contributed by atoms with Crippen LogP contribution in [-0.4, -0.2) is 4.92 Å². The summed E-state index contributed by atoms with van der Waals surface area (Å²) < 4.78 is 0. The maximum absolute atomic E-state index is 10.8. The lowest BCUT2D eigenvalue weighted by atomic mass is 9.94. The Morgan fingerprint density at radius 3 is 2.08 bits per heavy atom. The maximum atomic E-state index is 10.8. The molecule has 0 saturated heterocycles. The van der Waals surface area contributed by atoms with E-state index in [1.165, 1.54) is 12.1 Å². The summed E-state index contributed by atoms with van der Waals surface area (Å²) in [4.78, 5) is 10.5. The first kappa shape index (κ1) is 14.2. The fourth-order valence-electron chi connectivity index (χ4n) is 3.17. The highest BCUT2D eigenvalue weighted by Crippen LogP contribution is 2.36. The van der Waals surface area contributed by atoms with E-state index in [2.05, 4.69) is 12.1 Å². The molecule has 4 aromatic carbocycles. The van der Waals surface area contributed by atoms with Gasteiger partial charge in [-0.1, -0.05) is 42.5 Å². The average molecular weight is 314 g/mol. The van der Waals surface area contributed by atoms with Gasteiger partial charge in [-0.25, -0.2) is 0 Å². The van der Waals surface area contributed by atoms with E-state index in [0.717, 1.165) is 38.4 Å². The van der Waals surface area contributed by atoms with Crippen molar-refractivity contribution in [3.63, 3.8) is 0 Å². The Labute approximate surface area is 138 Å². The molecule has 0 saturated carbocycles. The highest BCUT2D eigenvalue weighted by Gasteiger charge is 2.10. The standard InChI is InChI=1S/C20H14N2O2/c21-20-12-19-15(13-8-10-14(11-9-13)22(23)24)6-3-7-17(19)16-4-1-2-5-18(16)20/h1-12H,21H2. The third-order valence-electron chi connectivity index (χ3n) is 4.32. The monoisotopic (exact) mass is 314 g/mol. The van der Waals surface area contributed by atoms with Crippen molar-refractivity contribution in [3.8, 4) is 11.1 Å². The molecule has 0 fully saturated rings. The van der Waals surface area contributed by atoms with Crippen LogP contribution < -0.4 is 5.73 Å². The molecule has 4 aromatic rings. The molecular formula is C20H14N2O2. The van der Waals surface area contributed by atoms with Gasteiger partial charge in [0.05, 0.1) is 4.92 Å². The number of nitrogens with two attached hydrogens (primary N) is 1. The van der Waals surface area contributed by atoms with Crippen LogP contribution in [0.3, 0.4) is 0 Å². The topological polar surface area (TPSA) is 69.2 Å². The second kappa shape index (κ2) is 5.35. The zero-order chi connectivity index (χ0) is 16.7. The van der Waals surface area contributed by atoms with E-state index < -0.39 is 4.92 Å². The fourth-order valence-corrected chi connectivity index (χ4v) is 3.17. The molecule has 0 aliphatic rings. The van der Waals surface area contributed by atoms with Crippen LogP contribution in [0.15, 0.2) is 72.8 Å². The smallest absolute Gasteiger partial charge is 0.269 e.